The summed E-state index contributed by atoms with van der Waals surface area (Å²) in [6.07, 6.45) is 1.55. The summed E-state index contributed by atoms with van der Waals surface area (Å²) in [5.41, 5.74) is 1.62. The molecule has 2 heterocycles. The summed E-state index contributed by atoms with van der Waals surface area (Å²) < 4.78 is 5.95. The largest absolute Gasteiger partial charge is 0.437 e. The van der Waals surface area contributed by atoms with Gasteiger partial charge in [-0.05, 0) is 16.8 Å². The van der Waals surface area contributed by atoms with Gasteiger partial charge in [-0.3, -0.25) is 4.79 Å². The van der Waals surface area contributed by atoms with Gasteiger partial charge in [0.05, 0.1) is 5.39 Å². The number of aromatic nitrogens is 2. The van der Waals surface area contributed by atoms with Gasteiger partial charge in [-0.15, -0.1) is 0 Å². The molecule has 0 amide bonds. The molecule has 0 atom stereocenters. The van der Waals surface area contributed by atoms with Crippen molar-refractivity contribution in [1.82, 2.24) is 9.97 Å². The van der Waals surface area contributed by atoms with Crippen LogP contribution in [-0.2, 0) is 0 Å². The molecule has 4 heteroatoms. The van der Waals surface area contributed by atoms with E-state index >= 15 is 0 Å². The molecule has 0 aliphatic carbocycles. The van der Waals surface area contributed by atoms with E-state index in [-0.39, 0.29) is 5.43 Å². The summed E-state index contributed by atoms with van der Waals surface area (Å²) in [7, 11) is 0. The Morgan fingerprint density at radius 2 is 1.60 bits per heavy atom. The average molecular weight is 324 g/mol. The van der Waals surface area contributed by atoms with Crippen molar-refractivity contribution in [2.24, 2.45) is 0 Å². The first-order chi connectivity index (χ1) is 12.3. The molecule has 4 nitrogen and oxygen atoms in total. The lowest BCUT2D eigenvalue weighted by molar-refractivity contribution is 0.644. The van der Waals surface area contributed by atoms with Gasteiger partial charge in [-0.1, -0.05) is 60.7 Å². The number of nitrogens with zero attached hydrogens (tertiary/aromatic N) is 2. The second kappa shape index (κ2) is 5.24. The van der Waals surface area contributed by atoms with E-state index in [1.165, 1.54) is 0 Å². The minimum Gasteiger partial charge on any atom is -0.437 e. The number of rotatable bonds is 1. The number of hydrogen-bond donors (Lipinski definition) is 0. The molecule has 0 unspecified atom stereocenters. The van der Waals surface area contributed by atoms with Gasteiger partial charge >= 0.3 is 0 Å². The highest BCUT2D eigenvalue weighted by atomic mass is 16.3. The van der Waals surface area contributed by atoms with Crippen molar-refractivity contribution in [2.45, 2.75) is 0 Å². The summed E-state index contributed by atoms with van der Waals surface area (Å²) in [5.74, 6) is 0.538. The first kappa shape index (κ1) is 13.9. The summed E-state index contributed by atoms with van der Waals surface area (Å²) >= 11 is 0. The molecule has 0 radical (unpaired) electrons. The van der Waals surface area contributed by atoms with Gasteiger partial charge in [-0.25, -0.2) is 4.98 Å². The molecular formula is C21H12N2O2. The van der Waals surface area contributed by atoms with Gasteiger partial charge in [0, 0.05) is 11.8 Å². The standard InChI is InChI=1S/C21H12N2O2/c24-19-16-12-22-20(14-7-2-1-3-8-14)23-21(16)25-17-11-10-13-6-4-5-9-15(13)18(17)19/h1-12H. The zero-order valence-electron chi connectivity index (χ0n) is 13.1. The van der Waals surface area contributed by atoms with Crippen LogP contribution in [0.3, 0.4) is 0 Å². The molecule has 25 heavy (non-hydrogen) atoms. The Morgan fingerprint density at radius 3 is 2.48 bits per heavy atom. The van der Waals surface area contributed by atoms with Gasteiger partial charge in [0.25, 0.3) is 0 Å². The minimum atomic E-state index is -0.104. The molecule has 5 aromatic rings. The maximum atomic E-state index is 13.0. The highest BCUT2D eigenvalue weighted by molar-refractivity contribution is 6.07. The van der Waals surface area contributed by atoms with Crippen molar-refractivity contribution in [3.8, 4) is 11.4 Å². The van der Waals surface area contributed by atoms with Crippen molar-refractivity contribution >= 4 is 32.8 Å². The van der Waals surface area contributed by atoms with Crippen LogP contribution in [0.1, 0.15) is 0 Å². The van der Waals surface area contributed by atoms with E-state index < -0.39 is 0 Å². The summed E-state index contributed by atoms with van der Waals surface area (Å²) in [4.78, 5) is 21.8. The topological polar surface area (TPSA) is 56.0 Å². The van der Waals surface area contributed by atoms with Gasteiger partial charge in [0.15, 0.2) is 5.82 Å². The zero-order chi connectivity index (χ0) is 16.8. The molecule has 118 valence electrons. The average Bonchev–Trinajstić information content (AvgIpc) is 2.68. The maximum Gasteiger partial charge on any atom is 0.234 e. The van der Waals surface area contributed by atoms with Crippen LogP contribution in [0.4, 0.5) is 0 Å². The molecule has 0 saturated heterocycles. The van der Waals surface area contributed by atoms with Crippen molar-refractivity contribution in [3.63, 3.8) is 0 Å². The first-order valence-corrected chi connectivity index (χ1v) is 7.98. The fourth-order valence-electron chi connectivity index (χ4n) is 3.14. The SMILES string of the molecule is O=c1c2cnc(-c3ccccc3)nc2oc2ccc3ccccc3c12. The maximum absolute atomic E-state index is 13.0. The number of fused-ring (bicyclic) bond motifs is 4. The molecule has 0 saturated carbocycles. The molecular weight excluding hydrogens is 312 g/mol. The Morgan fingerprint density at radius 1 is 0.800 bits per heavy atom. The van der Waals surface area contributed by atoms with Crippen LogP contribution in [0.25, 0.3) is 44.2 Å². The fraction of sp³-hybridized carbons (Fsp3) is 0. The van der Waals surface area contributed by atoms with Gasteiger partial charge in [0.2, 0.25) is 11.1 Å². The molecule has 5 rings (SSSR count). The summed E-state index contributed by atoms with van der Waals surface area (Å²) in [5, 5.41) is 2.84. The molecule has 0 N–H and O–H groups in total. The predicted molar refractivity (Wildman–Crippen MR) is 98.5 cm³/mol. The predicted octanol–water partition coefficient (Wildman–Crippen LogP) is 4.56. The van der Waals surface area contributed by atoms with Gasteiger partial charge in [0.1, 0.15) is 11.0 Å². The van der Waals surface area contributed by atoms with E-state index in [4.69, 9.17) is 4.42 Å². The molecule has 0 bridgehead atoms. The summed E-state index contributed by atoms with van der Waals surface area (Å²) in [6.45, 7) is 0. The Kier molecular flexibility index (Phi) is 2.91. The third-order valence-corrected chi connectivity index (χ3v) is 4.35. The minimum absolute atomic E-state index is 0.104. The number of benzene rings is 3. The fourth-order valence-corrected chi connectivity index (χ4v) is 3.14. The third kappa shape index (κ3) is 2.11. The van der Waals surface area contributed by atoms with E-state index in [1.807, 2.05) is 66.7 Å². The molecule has 0 aliphatic rings. The van der Waals surface area contributed by atoms with Crippen LogP contribution in [0.5, 0.6) is 0 Å². The highest BCUT2D eigenvalue weighted by Gasteiger charge is 2.13. The Hall–Kier alpha value is -3.53. The van der Waals surface area contributed by atoms with E-state index in [0.717, 1.165) is 16.3 Å². The monoisotopic (exact) mass is 324 g/mol. The van der Waals surface area contributed by atoms with Crippen molar-refractivity contribution in [3.05, 3.63) is 83.2 Å². The van der Waals surface area contributed by atoms with Crippen LogP contribution in [0, 0.1) is 0 Å². The van der Waals surface area contributed by atoms with Crippen molar-refractivity contribution < 1.29 is 4.42 Å². The van der Waals surface area contributed by atoms with Crippen LogP contribution in [0.15, 0.2) is 82.1 Å². The van der Waals surface area contributed by atoms with E-state index in [9.17, 15) is 4.79 Å². The smallest absolute Gasteiger partial charge is 0.234 e. The normalized spacial score (nSPS) is 11.4. The summed E-state index contributed by atoms with van der Waals surface area (Å²) in [6, 6.07) is 21.2. The Balaban J connectivity index is 1.87. The quantitative estimate of drug-likeness (QED) is 0.335. The van der Waals surface area contributed by atoms with Crippen molar-refractivity contribution in [2.75, 3.05) is 0 Å². The lowest BCUT2D eigenvalue weighted by Gasteiger charge is -2.05. The molecule has 0 fully saturated rings. The van der Waals surface area contributed by atoms with E-state index in [2.05, 4.69) is 9.97 Å². The second-order valence-electron chi connectivity index (χ2n) is 5.87. The van der Waals surface area contributed by atoms with E-state index in [1.54, 1.807) is 6.20 Å². The molecule has 0 spiro atoms. The van der Waals surface area contributed by atoms with Crippen LogP contribution >= 0.6 is 0 Å². The van der Waals surface area contributed by atoms with Gasteiger partial charge in [-0.2, -0.15) is 4.98 Å². The molecule has 2 aromatic heterocycles. The zero-order valence-corrected chi connectivity index (χ0v) is 13.1. The lowest BCUT2D eigenvalue weighted by Crippen LogP contribution is -2.05. The van der Waals surface area contributed by atoms with Crippen molar-refractivity contribution in [1.29, 1.82) is 0 Å². The molecule has 3 aromatic carbocycles. The first-order valence-electron chi connectivity index (χ1n) is 7.98. The third-order valence-electron chi connectivity index (χ3n) is 4.35. The second-order valence-corrected chi connectivity index (χ2v) is 5.87. The van der Waals surface area contributed by atoms with Crippen LogP contribution in [-0.4, -0.2) is 9.97 Å². The highest BCUT2D eigenvalue weighted by Crippen LogP contribution is 2.26. The Bertz CT molecular complexity index is 1310. The lowest BCUT2D eigenvalue weighted by atomic mass is 10.0. The Labute approximate surface area is 142 Å². The van der Waals surface area contributed by atoms with E-state index in [0.29, 0.717) is 27.9 Å². The van der Waals surface area contributed by atoms with Crippen LogP contribution in [0.2, 0.25) is 0 Å². The molecule has 0 aliphatic heterocycles. The number of hydrogen-bond acceptors (Lipinski definition) is 4. The van der Waals surface area contributed by atoms with Crippen LogP contribution < -0.4 is 5.43 Å². The van der Waals surface area contributed by atoms with Gasteiger partial charge < -0.3 is 4.42 Å².